The van der Waals surface area contributed by atoms with Gasteiger partial charge >= 0.3 is 0 Å². The van der Waals surface area contributed by atoms with Crippen LogP contribution in [-0.4, -0.2) is 50.1 Å². The molecule has 7 heteroatoms. The van der Waals surface area contributed by atoms with Gasteiger partial charge in [-0.3, -0.25) is 9.59 Å². The van der Waals surface area contributed by atoms with Gasteiger partial charge in [-0.1, -0.05) is 6.92 Å². The number of nitrogens with one attached hydrogen (secondary N) is 1. The molecule has 0 aliphatic heterocycles. The summed E-state index contributed by atoms with van der Waals surface area (Å²) in [6.07, 6.45) is 0.865. The van der Waals surface area contributed by atoms with E-state index in [0.29, 0.717) is 28.1 Å². The van der Waals surface area contributed by atoms with Crippen LogP contribution in [0.15, 0.2) is 16.6 Å². The highest BCUT2D eigenvalue weighted by Crippen LogP contribution is 2.37. The zero-order valence-corrected chi connectivity index (χ0v) is 16.4. The molecule has 0 aliphatic carbocycles. The highest BCUT2D eigenvalue weighted by molar-refractivity contribution is 9.10. The van der Waals surface area contributed by atoms with E-state index < -0.39 is 0 Å². The molecule has 1 aromatic rings. The van der Waals surface area contributed by atoms with Gasteiger partial charge in [0.2, 0.25) is 5.91 Å². The van der Waals surface area contributed by atoms with Crippen LogP contribution in [0.2, 0.25) is 0 Å². The van der Waals surface area contributed by atoms with Crippen LogP contribution in [0.25, 0.3) is 0 Å². The van der Waals surface area contributed by atoms with Crippen molar-refractivity contribution in [1.29, 1.82) is 0 Å². The number of rotatable bonds is 8. The maximum Gasteiger partial charge on any atom is 0.254 e. The maximum atomic E-state index is 12.5. The lowest BCUT2D eigenvalue weighted by Gasteiger charge is -2.19. The third-order valence-corrected chi connectivity index (χ3v) is 3.69. The van der Waals surface area contributed by atoms with Gasteiger partial charge in [0.25, 0.3) is 5.91 Å². The quantitative estimate of drug-likeness (QED) is 0.728. The van der Waals surface area contributed by atoms with Crippen molar-refractivity contribution in [2.24, 2.45) is 0 Å². The Labute approximate surface area is 151 Å². The molecule has 24 heavy (non-hydrogen) atoms. The Hall–Kier alpha value is -1.76. The van der Waals surface area contributed by atoms with Crippen LogP contribution < -0.4 is 14.8 Å². The minimum atomic E-state index is -0.269. The van der Waals surface area contributed by atoms with E-state index in [1.807, 2.05) is 20.8 Å². The molecule has 0 saturated carbocycles. The minimum absolute atomic E-state index is 0.00889. The first-order valence-corrected chi connectivity index (χ1v) is 8.64. The Balaban J connectivity index is 2.94. The first kappa shape index (κ1) is 20.3. The van der Waals surface area contributed by atoms with Crippen molar-refractivity contribution in [2.75, 3.05) is 27.3 Å². The van der Waals surface area contributed by atoms with Crippen molar-refractivity contribution >= 4 is 27.7 Å². The van der Waals surface area contributed by atoms with Crippen LogP contribution in [0.5, 0.6) is 11.5 Å². The fourth-order valence-electron chi connectivity index (χ4n) is 2.06. The average molecular weight is 401 g/mol. The zero-order chi connectivity index (χ0) is 18.3. The van der Waals surface area contributed by atoms with Crippen LogP contribution in [0.1, 0.15) is 37.6 Å². The molecule has 0 unspecified atom stereocenters. The van der Waals surface area contributed by atoms with Crippen LogP contribution in [0.4, 0.5) is 0 Å². The summed E-state index contributed by atoms with van der Waals surface area (Å²) in [6.45, 7) is 6.30. The van der Waals surface area contributed by atoms with Crippen molar-refractivity contribution in [3.05, 3.63) is 22.2 Å². The van der Waals surface area contributed by atoms with Crippen LogP contribution in [-0.2, 0) is 4.79 Å². The summed E-state index contributed by atoms with van der Waals surface area (Å²) < 4.78 is 11.6. The van der Waals surface area contributed by atoms with Crippen molar-refractivity contribution in [1.82, 2.24) is 10.2 Å². The molecule has 0 heterocycles. The number of carbonyl (C=O) groups excluding carboxylic acids is 2. The normalized spacial score (nSPS) is 10.5. The summed E-state index contributed by atoms with van der Waals surface area (Å²) in [5.74, 6) is 0.571. The number of methoxy groups -OCH3 is 1. The summed E-state index contributed by atoms with van der Waals surface area (Å²) in [5.41, 5.74) is 0.419. The number of hydrogen-bond donors (Lipinski definition) is 1. The third kappa shape index (κ3) is 5.70. The van der Waals surface area contributed by atoms with Gasteiger partial charge in [0, 0.05) is 18.7 Å². The smallest absolute Gasteiger partial charge is 0.254 e. The lowest BCUT2D eigenvalue weighted by atomic mass is 10.1. The fraction of sp³-hybridized carbons (Fsp3) is 0.529. The largest absolute Gasteiger partial charge is 0.493 e. The molecule has 0 radical (unpaired) electrons. The maximum absolute atomic E-state index is 12.5. The van der Waals surface area contributed by atoms with Gasteiger partial charge in [-0.25, -0.2) is 0 Å². The van der Waals surface area contributed by atoms with E-state index in [1.165, 1.54) is 12.0 Å². The van der Waals surface area contributed by atoms with E-state index in [9.17, 15) is 9.59 Å². The molecule has 6 nitrogen and oxygen atoms in total. The predicted molar refractivity (Wildman–Crippen MR) is 96.7 cm³/mol. The lowest BCUT2D eigenvalue weighted by Crippen LogP contribution is -2.40. The molecule has 0 aromatic heterocycles. The van der Waals surface area contributed by atoms with E-state index in [-0.39, 0.29) is 24.4 Å². The van der Waals surface area contributed by atoms with Gasteiger partial charge in [-0.2, -0.15) is 0 Å². The number of carbonyl (C=O) groups is 2. The Kier molecular flexibility index (Phi) is 8.04. The number of nitrogens with zero attached hydrogens (tertiary/aromatic N) is 1. The topological polar surface area (TPSA) is 67.9 Å². The number of hydrogen-bond acceptors (Lipinski definition) is 4. The molecule has 1 rings (SSSR count). The molecular formula is C17H25BrN2O4. The van der Waals surface area contributed by atoms with E-state index in [0.717, 1.165) is 6.42 Å². The summed E-state index contributed by atoms with van der Waals surface area (Å²) in [6, 6.07) is 3.33. The first-order chi connectivity index (χ1) is 11.3. The predicted octanol–water partition coefficient (Wildman–Crippen LogP) is 2.84. The summed E-state index contributed by atoms with van der Waals surface area (Å²) in [4.78, 5) is 25.7. The Morgan fingerprint density at radius 3 is 2.54 bits per heavy atom. The highest BCUT2D eigenvalue weighted by Gasteiger charge is 2.19. The number of ether oxygens (including phenoxy) is 2. The molecule has 1 aromatic carbocycles. The second-order valence-electron chi connectivity index (χ2n) is 5.72. The molecule has 0 saturated heterocycles. The Morgan fingerprint density at radius 1 is 1.33 bits per heavy atom. The number of likely N-dealkylation sites (N-methyl/N-ethyl adjacent to an activating group) is 1. The van der Waals surface area contributed by atoms with E-state index >= 15 is 0 Å². The minimum Gasteiger partial charge on any atom is -0.493 e. The van der Waals surface area contributed by atoms with Gasteiger partial charge < -0.3 is 19.7 Å². The van der Waals surface area contributed by atoms with E-state index in [1.54, 1.807) is 19.2 Å². The fourth-order valence-corrected chi connectivity index (χ4v) is 2.62. The summed E-state index contributed by atoms with van der Waals surface area (Å²) in [5, 5.41) is 2.76. The van der Waals surface area contributed by atoms with Gasteiger partial charge in [-0.15, -0.1) is 0 Å². The molecule has 0 fully saturated rings. The van der Waals surface area contributed by atoms with Gasteiger partial charge in [0.15, 0.2) is 11.5 Å². The van der Waals surface area contributed by atoms with Crippen LogP contribution >= 0.6 is 15.9 Å². The Bertz CT molecular complexity index is 590. The van der Waals surface area contributed by atoms with Gasteiger partial charge in [0.1, 0.15) is 0 Å². The SMILES string of the molecule is CCCOc1c(Br)cc(C(=O)N(C)CC(=O)NC(C)C)cc1OC. The molecule has 2 amide bonds. The van der Waals surface area contributed by atoms with Gasteiger partial charge in [0.05, 0.1) is 24.7 Å². The van der Waals surface area contributed by atoms with Crippen LogP contribution in [0, 0.1) is 0 Å². The molecular weight excluding hydrogens is 376 g/mol. The van der Waals surface area contributed by atoms with Gasteiger partial charge in [-0.05, 0) is 48.3 Å². The first-order valence-electron chi connectivity index (χ1n) is 7.85. The molecule has 0 atom stereocenters. The van der Waals surface area contributed by atoms with Crippen LogP contribution in [0.3, 0.4) is 0 Å². The monoisotopic (exact) mass is 400 g/mol. The summed E-state index contributed by atoms with van der Waals surface area (Å²) in [7, 11) is 3.11. The third-order valence-electron chi connectivity index (χ3n) is 3.10. The number of benzene rings is 1. The van der Waals surface area contributed by atoms with Crippen molar-refractivity contribution in [3.63, 3.8) is 0 Å². The average Bonchev–Trinajstić information content (AvgIpc) is 2.51. The molecule has 0 bridgehead atoms. The number of amides is 2. The van der Waals surface area contributed by atoms with Crippen molar-refractivity contribution < 1.29 is 19.1 Å². The zero-order valence-electron chi connectivity index (χ0n) is 14.8. The standard InChI is InChI=1S/C17H25BrN2O4/c1-6-7-24-16-13(18)8-12(9-14(16)23-5)17(22)20(4)10-15(21)19-11(2)3/h8-9,11H,6-7,10H2,1-5H3,(H,19,21). The molecule has 0 aliphatic rings. The highest BCUT2D eigenvalue weighted by atomic mass is 79.9. The van der Waals surface area contributed by atoms with E-state index in [4.69, 9.17) is 9.47 Å². The molecule has 1 N–H and O–H groups in total. The Morgan fingerprint density at radius 2 is 2.00 bits per heavy atom. The second kappa shape index (κ2) is 9.52. The number of halogens is 1. The molecule has 134 valence electrons. The van der Waals surface area contributed by atoms with Crippen molar-refractivity contribution in [3.8, 4) is 11.5 Å². The van der Waals surface area contributed by atoms with Crippen molar-refractivity contribution in [2.45, 2.75) is 33.2 Å². The molecule has 0 spiro atoms. The lowest BCUT2D eigenvalue weighted by molar-refractivity contribution is -0.122. The second-order valence-corrected chi connectivity index (χ2v) is 6.58. The van der Waals surface area contributed by atoms with E-state index in [2.05, 4.69) is 21.2 Å². The summed E-state index contributed by atoms with van der Waals surface area (Å²) >= 11 is 3.41.